The molecule has 0 saturated heterocycles. The van der Waals surface area contributed by atoms with Crippen molar-refractivity contribution in [3.63, 3.8) is 0 Å². The van der Waals surface area contributed by atoms with Crippen molar-refractivity contribution in [3.8, 4) is 0 Å². The van der Waals surface area contributed by atoms with E-state index in [4.69, 9.17) is 14.2 Å². The van der Waals surface area contributed by atoms with Crippen molar-refractivity contribution in [2.24, 2.45) is 0 Å². The molecule has 4 aliphatic rings. The zero-order valence-corrected chi connectivity index (χ0v) is 15.6. The third-order valence-corrected chi connectivity index (χ3v) is 6.17. The highest BCUT2D eigenvalue weighted by Crippen LogP contribution is 2.49. The molecular weight excluding hydrogens is 312 g/mol. The lowest BCUT2D eigenvalue weighted by molar-refractivity contribution is -0.111. The monoisotopic (exact) mass is 342 g/mol. The molecule has 3 nitrogen and oxygen atoms in total. The van der Waals surface area contributed by atoms with Crippen LogP contribution < -0.4 is 0 Å². The molecule has 0 N–H and O–H groups in total. The van der Waals surface area contributed by atoms with E-state index in [1.807, 2.05) is 12.5 Å². The van der Waals surface area contributed by atoms with E-state index in [-0.39, 0.29) is 12.2 Å². The molecule has 0 bridgehead atoms. The van der Waals surface area contributed by atoms with Crippen LogP contribution in [0.4, 0.5) is 0 Å². The van der Waals surface area contributed by atoms with Gasteiger partial charge in [-0.15, -0.1) is 0 Å². The van der Waals surface area contributed by atoms with Crippen LogP contribution in [0.15, 0.2) is 47.0 Å². The number of allylic oxidation sites excluding steroid dienone is 2. The van der Waals surface area contributed by atoms with Gasteiger partial charge in [0.05, 0.1) is 19.1 Å². The van der Waals surface area contributed by atoms with Gasteiger partial charge in [-0.2, -0.15) is 0 Å². The standard InChI is InChI=1S/C22H30O3/c1-3-16-13-23-20(16)15-25-22(18-9-5-6-10-18,19-11-7-8-12-19)21-17(4-2)14-24-21/h9,11,13-14,20-21H,3-8,10,12,15H2,1-2H3. The van der Waals surface area contributed by atoms with Crippen molar-refractivity contribution in [1.82, 2.24) is 0 Å². The molecule has 0 saturated carbocycles. The van der Waals surface area contributed by atoms with Crippen molar-refractivity contribution in [3.05, 3.63) is 47.0 Å². The van der Waals surface area contributed by atoms with E-state index in [0.717, 1.165) is 38.5 Å². The van der Waals surface area contributed by atoms with Crippen LogP contribution in [0.25, 0.3) is 0 Å². The minimum atomic E-state index is -0.398. The molecule has 25 heavy (non-hydrogen) atoms. The number of ether oxygens (including phenoxy) is 3. The second-order valence-electron chi connectivity index (χ2n) is 7.52. The summed E-state index contributed by atoms with van der Waals surface area (Å²) in [5.41, 5.74) is 5.21. The van der Waals surface area contributed by atoms with Crippen LogP contribution in [-0.2, 0) is 14.2 Å². The molecule has 2 atom stereocenters. The van der Waals surface area contributed by atoms with Crippen LogP contribution in [0.3, 0.4) is 0 Å². The average Bonchev–Trinajstić information content (AvgIpc) is 3.26. The number of hydrogen-bond acceptors (Lipinski definition) is 3. The maximum absolute atomic E-state index is 6.80. The smallest absolute Gasteiger partial charge is 0.159 e. The van der Waals surface area contributed by atoms with E-state index < -0.39 is 5.60 Å². The van der Waals surface area contributed by atoms with Gasteiger partial charge in [0.1, 0.15) is 6.10 Å². The van der Waals surface area contributed by atoms with Crippen molar-refractivity contribution >= 4 is 0 Å². The molecule has 0 amide bonds. The van der Waals surface area contributed by atoms with Gasteiger partial charge in [0.25, 0.3) is 0 Å². The summed E-state index contributed by atoms with van der Waals surface area (Å²) in [6.45, 7) is 5.01. The maximum atomic E-state index is 6.80. The summed E-state index contributed by atoms with van der Waals surface area (Å²) in [5, 5.41) is 0. The Morgan fingerprint density at radius 3 is 2.00 bits per heavy atom. The van der Waals surface area contributed by atoms with E-state index in [9.17, 15) is 0 Å². The number of rotatable bonds is 8. The summed E-state index contributed by atoms with van der Waals surface area (Å²) in [6, 6.07) is 0. The van der Waals surface area contributed by atoms with Crippen molar-refractivity contribution in [1.29, 1.82) is 0 Å². The molecule has 4 rings (SSSR count). The third kappa shape index (κ3) is 2.77. The summed E-state index contributed by atoms with van der Waals surface area (Å²) < 4.78 is 18.5. The first-order chi connectivity index (χ1) is 12.3. The zero-order chi connectivity index (χ0) is 17.3. The molecule has 2 unspecified atom stereocenters. The highest BCUT2D eigenvalue weighted by molar-refractivity contribution is 5.44. The van der Waals surface area contributed by atoms with Gasteiger partial charge < -0.3 is 14.2 Å². The van der Waals surface area contributed by atoms with Gasteiger partial charge in [-0.1, -0.05) is 26.0 Å². The quantitative estimate of drug-likeness (QED) is 0.557. The number of hydrogen-bond donors (Lipinski definition) is 0. The Morgan fingerprint density at radius 1 is 0.960 bits per heavy atom. The van der Waals surface area contributed by atoms with Crippen molar-refractivity contribution in [2.75, 3.05) is 6.61 Å². The molecule has 0 aromatic heterocycles. The highest BCUT2D eigenvalue weighted by atomic mass is 16.6. The molecule has 2 heterocycles. The van der Waals surface area contributed by atoms with Gasteiger partial charge in [0.15, 0.2) is 11.7 Å². The Labute approximate surface area is 151 Å². The normalized spacial score (nSPS) is 28.1. The molecule has 0 aromatic rings. The van der Waals surface area contributed by atoms with Gasteiger partial charge in [0, 0.05) is 11.1 Å². The summed E-state index contributed by atoms with van der Waals surface area (Å²) in [7, 11) is 0. The van der Waals surface area contributed by atoms with Crippen LogP contribution in [0.2, 0.25) is 0 Å². The Bertz CT molecular complexity index is 614. The molecule has 2 aliphatic heterocycles. The molecule has 3 heteroatoms. The van der Waals surface area contributed by atoms with Crippen molar-refractivity contribution < 1.29 is 14.2 Å². The average molecular weight is 342 g/mol. The van der Waals surface area contributed by atoms with Crippen molar-refractivity contribution in [2.45, 2.75) is 83.0 Å². The molecule has 2 aliphatic carbocycles. The fraction of sp³-hybridized carbons (Fsp3) is 0.636. The summed E-state index contributed by atoms with van der Waals surface area (Å²) in [5.74, 6) is 0. The van der Waals surface area contributed by atoms with Gasteiger partial charge in [0.2, 0.25) is 0 Å². The minimum Gasteiger partial charge on any atom is -0.491 e. The van der Waals surface area contributed by atoms with Gasteiger partial charge in [-0.25, -0.2) is 0 Å². The Balaban J connectivity index is 1.65. The fourth-order valence-corrected chi connectivity index (χ4v) is 4.60. The van der Waals surface area contributed by atoms with Gasteiger partial charge in [-0.3, -0.25) is 0 Å². The lowest BCUT2D eigenvalue weighted by atomic mass is 9.75. The second kappa shape index (κ2) is 7.03. The summed E-state index contributed by atoms with van der Waals surface area (Å²) >= 11 is 0. The Kier molecular flexibility index (Phi) is 4.77. The summed E-state index contributed by atoms with van der Waals surface area (Å²) in [4.78, 5) is 0. The summed E-state index contributed by atoms with van der Waals surface area (Å²) in [6.07, 6.45) is 17.9. The predicted octanol–water partition coefficient (Wildman–Crippen LogP) is 5.35. The van der Waals surface area contributed by atoms with Crippen LogP contribution in [0.1, 0.15) is 65.2 Å². The minimum absolute atomic E-state index is 0.0420. The van der Waals surface area contributed by atoms with E-state index in [1.165, 1.54) is 35.1 Å². The first kappa shape index (κ1) is 17.0. The first-order valence-electron chi connectivity index (χ1n) is 10.0. The molecule has 136 valence electrons. The zero-order valence-electron chi connectivity index (χ0n) is 15.6. The molecule has 0 fully saturated rings. The van der Waals surface area contributed by atoms with Crippen LogP contribution in [0.5, 0.6) is 0 Å². The molecule has 0 aromatic carbocycles. The van der Waals surface area contributed by atoms with Crippen LogP contribution >= 0.6 is 0 Å². The lowest BCUT2D eigenvalue weighted by Crippen LogP contribution is -2.53. The largest absolute Gasteiger partial charge is 0.491 e. The molecule has 0 radical (unpaired) electrons. The van der Waals surface area contributed by atoms with Gasteiger partial charge in [-0.05, 0) is 62.5 Å². The second-order valence-corrected chi connectivity index (χ2v) is 7.52. The first-order valence-corrected chi connectivity index (χ1v) is 10.0. The SMILES string of the molecule is CCC1=COC1COC(C1=CCCC1)(C1=CCCC1)C1OC=C1CC. The van der Waals surface area contributed by atoms with Gasteiger partial charge >= 0.3 is 0 Å². The van der Waals surface area contributed by atoms with E-state index in [1.54, 1.807) is 0 Å². The third-order valence-electron chi connectivity index (χ3n) is 6.17. The molecule has 0 spiro atoms. The lowest BCUT2D eigenvalue weighted by Gasteiger charge is -2.47. The Morgan fingerprint density at radius 2 is 1.60 bits per heavy atom. The van der Waals surface area contributed by atoms with Crippen LogP contribution in [0, 0.1) is 0 Å². The fourth-order valence-electron chi connectivity index (χ4n) is 4.60. The predicted molar refractivity (Wildman–Crippen MR) is 99.0 cm³/mol. The van der Waals surface area contributed by atoms with E-state index >= 15 is 0 Å². The van der Waals surface area contributed by atoms with E-state index in [0.29, 0.717) is 6.61 Å². The highest BCUT2D eigenvalue weighted by Gasteiger charge is 2.52. The maximum Gasteiger partial charge on any atom is 0.159 e. The van der Waals surface area contributed by atoms with E-state index in [2.05, 4.69) is 26.0 Å². The Hall–Kier alpha value is -1.48. The van der Waals surface area contributed by atoms with Crippen LogP contribution in [-0.4, -0.2) is 24.4 Å². The topological polar surface area (TPSA) is 27.7 Å². The molecular formula is C22H30O3.